The number of benzene rings is 2. The number of nitrogens with one attached hydrogen (secondary N) is 1. The van der Waals surface area contributed by atoms with Gasteiger partial charge in [-0.3, -0.25) is 9.59 Å². The van der Waals surface area contributed by atoms with Crippen LogP contribution in [0.4, 0.5) is 5.69 Å². The second kappa shape index (κ2) is 5.97. The third-order valence-electron chi connectivity index (χ3n) is 5.98. The summed E-state index contributed by atoms with van der Waals surface area (Å²) in [4.78, 5) is 27.9. The number of para-hydroxylation sites is 1. The summed E-state index contributed by atoms with van der Waals surface area (Å²) in [5.41, 5.74) is 5.35. The van der Waals surface area contributed by atoms with Gasteiger partial charge >= 0.3 is 0 Å². The Balaban J connectivity index is 1.69. The lowest BCUT2D eigenvalue weighted by molar-refractivity contribution is -0.122. The Morgan fingerprint density at radius 1 is 1.08 bits per heavy atom. The van der Waals surface area contributed by atoms with E-state index in [4.69, 9.17) is 0 Å². The van der Waals surface area contributed by atoms with Gasteiger partial charge in [0, 0.05) is 24.3 Å². The summed E-state index contributed by atoms with van der Waals surface area (Å²) in [5, 5.41) is 3.01. The first kappa shape index (κ1) is 16.8. The quantitative estimate of drug-likeness (QED) is 0.853. The number of carbonyl (C=O) groups excluding carboxylic acids is 2. The molecule has 4 heteroatoms. The standard InChI is InChI=1S/C22H24N2O2/c1-14-11-16(3)17(12-15(14)2)20(25)24-10-6-9-22(13-24)18-7-4-5-8-19(18)23-21(22)26/h4-5,7-8,11-12H,6,9-10,13H2,1-3H3,(H,23,26). The molecule has 1 saturated heterocycles. The molecule has 1 spiro atoms. The maximum atomic E-state index is 13.2. The Morgan fingerprint density at radius 2 is 1.81 bits per heavy atom. The van der Waals surface area contributed by atoms with Crippen LogP contribution in [0, 0.1) is 20.8 Å². The Kier molecular flexibility index (Phi) is 3.87. The molecule has 1 unspecified atom stereocenters. The summed E-state index contributed by atoms with van der Waals surface area (Å²) < 4.78 is 0. The predicted octanol–water partition coefficient (Wildman–Crippen LogP) is 3.74. The van der Waals surface area contributed by atoms with Gasteiger partial charge in [-0.25, -0.2) is 0 Å². The van der Waals surface area contributed by atoms with E-state index in [0.29, 0.717) is 13.1 Å². The highest BCUT2D eigenvalue weighted by Gasteiger charge is 2.49. The molecule has 2 aromatic carbocycles. The van der Waals surface area contributed by atoms with E-state index in [1.807, 2.05) is 49.1 Å². The Morgan fingerprint density at radius 3 is 2.62 bits per heavy atom. The van der Waals surface area contributed by atoms with Crippen LogP contribution >= 0.6 is 0 Å². The predicted molar refractivity (Wildman–Crippen MR) is 103 cm³/mol. The number of anilines is 1. The summed E-state index contributed by atoms with van der Waals surface area (Å²) >= 11 is 0. The number of carbonyl (C=O) groups is 2. The van der Waals surface area contributed by atoms with Gasteiger partial charge < -0.3 is 10.2 Å². The topological polar surface area (TPSA) is 49.4 Å². The first-order valence-electron chi connectivity index (χ1n) is 9.20. The average Bonchev–Trinajstić information content (AvgIpc) is 2.89. The van der Waals surface area contributed by atoms with Gasteiger partial charge in [-0.2, -0.15) is 0 Å². The number of amides is 2. The number of hydrogen-bond acceptors (Lipinski definition) is 2. The van der Waals surface area contributed by atoms with Gasteiger partial charge in [-0.1, -0.05) is 24.3 Å². The number of nitrogens with zero attached hydrogens (tertiary/aromatic N) is 1. The summed E-state index contributed by atoms with van der Waals surface area (Å²) in [6.45, 7) is 7.22. The molecule has 2 amide bonds. The minimum Gasteiger partial charge on any atom is -0.337 e. The molecule has 2 aliphatic rings. The van der Waals surface area contributed by atoms with Gasteiger partial charge in [0.25, 0.3) is 5.91 Å². The smallest absolute Gasteiger partial charge is 0.254 e. The average molecular weight is 348 g/mol. The SMILES string of the molecule is Cc1cc(C)c(C(=O)N2CCCC3(C2)C(=O)Nc2ccccc23)cc1C. The van der Waals surface area contributed by atoms with Gasteiger partial charge in [0.15, 0.2) is 0 Å². The van der Waals surface area contributed by atoms with Crippen molar-refractivity contribution in [2.75, 3.05) is 18.4 Å². The molecule has 1 fully saturated rings. The fourth-order valence-electron chi connectivity index (χ4n) is 4.37. The van der Waals surface area contributed by atoms with Crippen molar-refractivity contribution in [3.63, 3.8) is 0 Å². The minimum absolute atomic E-state index is 0.0213. The minimum atomic E-state index is -0.613. The Labute approximate surface area is 154 Å². The molecular weight excluding hydrogens is 324 g/mol. The molecule has 134 valence electrons. The second-order valence-electron chi connectivity index (χ2n) is 7.66. The lowest BCUT2D eigenvalue weighted by Crippen LogP contribution is -2.52. The van der Waals surface area contributed by atoms with Gasteiger partial charge in [0.05, 0.1) is 5.41 Å². The van der Waals surface area contributed by atoms with Crippen LogP contribution in [-0.4, -0.2) is 29.8 Å². The molecule has 0 radical (unpaired) electrons. The molecule has 0 saturated carbocycles. The summed E-state index contributed by atoms with van der Waals surface area (Å²) in [6.07, 6.45) is 1.61. The largest absolute Gasteiger partial charge is 0.337 e. The van der Waals surface area contributed by atoms with Crippen LogP contribution in [0.3, 0.4) is 0 Å². The molecular formula is C22H24N2O2. The monoisotopic (exact) mass is 348 g/mol. The molecule has 2 aromatic rings. The molecule has 1 atom stereocenters. The number of likely N-dealkylation sites (tertiary alicyclic amines) is 1. The van der Waals surface area contributed by atoms with Gasteiger partial charge in [0.1, 0.15) is 0 Å². The zero-order valence-electron chi connectivity index (χ0n) is 15.6. The molecule has 0 aromatic heterocycles. The van der Waals surface area contributed by atoms with Gasteiger partial charge in [-0.05, 0) is 68.0 Å². The molecule has 2 heterocycles. The van der Waals surface area contributed by atoms with Crippen molar-refractivity contribution >= 4 is 17.5 Å². The van der Waals surface area contributed by atoms with Crippen molar-refractivity contribution in [1.82, 2.24) is 4.90 Å². The highest BCUT2D eigenvalue weighted by atomic mass is 16.2. The normalized spacial score (nSPS) is 21.7. The zero-order chi connectivity index (χ0) is 18.5. The highest BCUT2D eigenvalue weighted by molar-refractivity contribution is 6.07. The van der Waals surface area contributed by atoms with Crippen LogP contribution < -0.4 is 5.32 Å². The maximum absolute atomic E-state index is 13.2. The second-order valence-corrected chi connectivity index (χ2v) is 7.66. The zero-order valence-corrected chi connectivity index (χ0v) is 15.6. The van der Waals surface area contributed by atoms with Gasteiger partial charge in [0.2, 0.25) is 5.91 Å². The van der Waals surface area contributed by atoms with Crippen molar-refractivity contribution in [1.29, 1.82) is 0 Å². The lowest BCUT2D eigenvalue weighted by Gasteiger charge is -2.39. The van der Waals surface area contributed by atoms with Crippen molar-refractivity contribution in [3.8, 4) is 0 Å². The Bertz CT molecular complexity index is 918. The number of aryl methyl sites for hydroxylation is 3. The van der Waals surface area contributed by atoms with E-state index < -0.39 is 5.41 Å². The van der Waals surface area contributed by atoms with Crippen molar-refractivity contribution in [2.45, 2.75) is 39.0 Å². The molecule has 1 N–H and O–H groups in total. The summed E-state index contributed by atoms with van der Waals surface area (Å²) in [7, 11) is 0. The van der Waals surface area contributed by atoms with Crippen LogP contribution in [-0.2, 0) is 10.2 Å². The molecule has 0 bridgehead atoms. The fourth-order valence-corrected chi connectivity index (χ4v) is 4.37. The first-order valence-corrected chi connectivity index (χ1v) is 9.20. The molecule has 0 aliphatic carbocycles. The van der Waals surface area contributed by atoms with E-state index in [1.54, 1.807) is 0 Å². The van der Waals surface area contributed by atoms with Crippen molar-refractivity contribution in [2.24, 2.45) is 0 Å². The van der Waals surface area contributed by atoms with E-state index in [1.165, 1.54) is 5.56 Å². The van der Waals surface area contributed by atoms with E-state index in [2.05, 4.69) is 18.3 Å². The van der Waals surface area contributed by atoms with Crippen LogP contribution in [0.2, 0.25) is 0 Å². The third-order valence-corrected chi connectivity index (χ3v) is 5.98. The van der Waals surface area contributed by atoms with E-state index in [0.717, 1.165) is 40.8 Å². The summed E-state index contributed by atoms with van der Waals surface area (Å²) in [5.74, 6) is 0.0508. The summed E-state index contributed by atoms with van der Waals surface area (Å²) in [6, 6.07) is 11.9. The van der Waals surface area contributed by atoms with E-state index in [-0.39, 0.29) is 11.8 Å². The molecule has 2 aliphatic heterocycles. The maximum Gasteiger partial charge on any atom is 0.254 e. The molecule has 4 rings (SSSR count). The van der Waals surface area contributed by atoms with E-state index >= 15 is 0 Å². The van der Waals surface area contributed by atoms with Crippen LogP contribution in [0.15, 0.2) is 36.4 Å². The third kappa shape index (κ3) is 2.44. The number of piperidine rings is 1. The number of fused-ring (bicyclic) bond motifs is 2. The van der Waals surface area contributed by atoms with Crippen molar-refractivity contribution < 1.29 is 9.59 Å². The first-order chi connectivity index (χ1) is 12.4. The lowest BCUT2D eigenvalue weighted by atomic mass is 9.75. The fraction of sp³-hybridized carbons (Fsp3) is 0.364. The van der Waals surface area contributed by atoms with Crippen LogP contribution in [0.25, 0.3) is 0 Å². The number of hydrogen-bond donors (Lipinski definition) is 1. The molecule has 26 heavy (non-hydrogen) atoms. The highest BCUT2D eigenvalue weighted by Crippen LogP contribution is 2.43. The van der Waals surface area contributed by atoms with E-state index in [9.17, 15) is 9.59 Å². The Hall–Kier alpha value is -2.62. The van der Waals surface area contributed by atoms with Gasteiger partial charge in [-0.15, -0.1) is 0 Å². The van der Waals surface area contributed by atoms with Crippen LogP contribution in [0.1, 0.15) is 45.5 Å². The number of rotatable bonds is 1. The van der Waals surface area contributed by atoms with Crippen LogP contribution in [0.5, 0.6) is 0 Å². The molecule has 4 nitrogen and oxygen atoms in total. The van der Waals surface area contributed by atoms with Crippen molar-refractivity contribution in [3.05, 3.63) is 64.2 Å².